The van der Waals surface area contributed by atoms with Crippen LogP contribution in [0.2, 0.25) is 5.02 Å². The van der Waals surface area contributed by atoms with Crippen molar-refractivity contribution in [2.24, 2.45) is 0 Å². The SMILES string of the molecule is CC1(C)NC(=O)CCC1NC(=O)c1cc(F)c(Cl)cc1F. The molecule has 1 saturated heterocycles. The maximum Gasteiger partial charge on any atom is 0.254 e. The summed E-state index contributed by atoms with van der Waals surface area (Å²) in [6, 6.07) is 1.15. The highest BCUT2D eigenvalue weighted by atomic mass is 35.5. The molecule has 1 aliphatic heterocycles. The molecule has 1 aliphatic rings. The predicted octanol–water partition coefficient (Wildman–Crippen LogP) is 2.41. The Morgan fingerprint density at radius 2 is 2.05 bits per heavy atom. The molecule has 0 bridgehead atoms. The monoisotopic (exact) mass is 316 g/mol. The third-order valence-electron chi connectivity index (χ3n) is 3.55. The first-order chi connectivity index (χ1) is 9.70. The van der Waals surface area contributed by atoms with Crippen molar-refractivity contribution >= 4 is 23.4 Å². The van der Waals surface area contributed by atoms with Crippen LogP contribution in [0.4, 0.5) is 8.78 Å². The Bertz CT molecular complexity index is 605. The van der Waals surface area contributed by atoms with Gasteiger partial charge in [-0.05, 0) is 32.4 Å². The Kier molecular flexibility index (Phi) is 4.18. The van der Waals surface area contributed by atoms with Gasteiger partial charge in [0, 0.05) is 6.42 Å². The highest BCUT2D eigenvalue weighted by Crippen LogP contribution is 2.22. The molecule has 1 unspecified atom stereocenters. The summed E-state index contributed by atoms with van der Waals surface area (Å²) in [4.78, 5) is 23.5. The fourth-order valence-corrected chi connectivity index (χ4v) is 2.48. The summed E-state index contributed by atoms with van der Waals surface area (Å²) in [6.07, 6.45) is 0.702. The third-order valence-corrected chi connectivity index (χ3v) is 3.84. The van der Waals surface area contributed by atoms with E-state index in [0.29, 0.717) is 6.42 Å². The van der Waals surface area contributed by atoms with Crippen LogP contribution in [0.1, 0.15) is 37.0 Å². The lowest BCUT2D eigenvalue weighted by molar-refractivity contribution is -0.125. The molecule has 0 spiro atoms. The molecule has 1 aromatic carbocycles. The van der Waals surface area contributed by atoms with Crippen molar-refractivity contribution in [1.29, 1.82) is 0 Å². The minimum absolute atomic E-state index is 0.103. The number of benzene rings is 1. The molecule has 0 aliphatic carbocycles. The first kappa shape index (κ1) is 15.7. The molecule has 1 fully saturated rings. The Morgan fingerprint density at radius 3 is 2.67 bits per heavy atom. The molecule has 0 aromatic heterocycles. The third kappa shape index (κ3) is 3.32. The summed E-state index contributed by atoms with van der Waals surface area (Å²) in [6.45, 7) is 3.52. The van der Waals surface area contributed by atoms with Gasteiger partial charge in [0.25, 0.3) is 5.91 Å². The maximum absolute atomic E-state index is 13.7. The zero-order chi connectivity index (χ0) is 15.8. The molecule has 0 radical (unpaired) electrons. The molecule has 2 N–H and O–H groups in total. The number of amides is 2. The van der Waals surface area contributed by atoms with Crippen molar-refractivity contribution in [3.8, 4) is 0 Å². The number of carbonyl (C=O) groups excluding carboxylic acids is 2. The average molecular weight is 317 g/mol. The van der Waals surface area contributed by atoms with Gasteiger partial charge in [0.1, 0.15) is 11.6 Å². The van der Waals surface area contributed by atoms with Crippen molar-refractivity contribution in [3.63, 3.8) is 0 Å². The molecular weight excluding hydrogens is 302 g/mol. The van der Waals surface area contributed by atoms with E-state index in [1.54, 1.807) is 13.8 Å². The number of hydrogen-bond donors (Lipinski definition) is 2. The normalized spacial score (nSPS) is 20.8. The second-order valence-corrected chi connectivity index (χ2v) is 5.99. The van der Waals surface area contributed by atoms with E-state index in [0.717, 1.165) is 12.1 Å². The van der Waals surface area contributed by atoms with Crippen LogP contribution < -0.4 is 10.6 Å². The second kappa shape index (κ2) is 5.60. The van der Waals surface area contributed by atoms with E-state index < -0.39 is 28.6 Å². The summed E-state index contributed by atoms with van der Waals surface area (Å²) in [7, 11) is 0. The van der Waals surface area contributed by atoms with Crippen LogP contribution in [0.3, 0.4) is 0 Å². The summed E-state index contributed by atoms with van der Waals surface area (Å²) < 4.78 is 27.1. The van der Waals surface area contributed by atoms with Crippen molar-refractivity contribution < 1.29 is 18.4 Å². The van der Waals surface area contributed by atoms with Crippen LogP contribution in [0, 0.1) is 11.6 Å². The van der Waals surface area contributed by atoms with E-state index in [9.17, 15) is 18.4 Å². The molecule has 1 heterocycles. The van der Waals surface area contributed by atoms with Gasteiger partial charge in [-0.25, -0.2) is 8.78 Å². The topological polar surface area (TPSA) is 58.2 Å². The van der Waals surface area contributed by atoms with Crippen LogP contribution in [0.15, 0.2) is 12.1 Å². The first-order valence-corrected chi connectivity index (χ1v) is 6.85. The fraction of sp³-hybridized carbons (Fsp3) is 0.429. The lowest BCUT2D eigenvalue weighted by Gasteiger charge is -2.39. The van der Waals surface area contributed by atoms with E-state index >= 15 is 0 Å². The molecule has 4 nitrogen and oxygen atoms in total. The fourth-order valence-electron chi connectivity index (χ4n) is 2.33. The second-order valence-electron chi connectivity index (χ2n) is 5.58. The maximum atomic E-state index is 13.7. The van der Waals surface area contributed by atoms with Gasteiger partial charge in [0.05, 0.1) is 22.2 Å². The van der Waals surface area contributed by atoms with Gasteiger partial charge < -0.3 is 10.6 Å². The number of rotatable bonds is 2. The zero-order valence-electron chi connectivity index (χ0n) is 11.6. The molecule has 21 heavy (non-hydrogen) atoms. The highest BCUT2D eigenvalue weighted by Gasteiger charge is 2.36. The lowest BCUT2D eigenvalue weighted by atomic mass is 9.86. The summed E-state index contributed by atoms with van der Waals surface area (Å²) >= 11 is 5.45. The van der Waals surface area contributed by atoms with Gasteiger partial charge in [-0.15, -0.1) is 0 Å². The van der Waals surface area contributed by atoms with E-state index in [4.69, 9.17) is 11.6 Å². The van der Waals surface area contributed by atoms with Gasteiger partial charge in [-0.2, -0.15) is 0 Å². The van der Waals surface area contributed by atoms with Gasteiger partial charge in [-0.1, -0.05) is 11.6 Å². The molecule has 2 rings (SSSR count). The molecule has 0 saturated carbocycles. The largest absolute Gasteiger partial charge is 0.349 e. The van der Waals surface area contributed by atoms with Crippen LogP contribution in [-0.2, 0) is 4.79 Å². The molecule has 2 amide bonds. The Hall–Kier alpha value is -1.69. The van der Waals surface area contributed by atoms with E-state index in [2.05, 4.69) is 10.6 Å². The van der Waals surface area contributed by atoms with Gasteiger partial charge in [0.2, 0.25) is 5.91 Å². The van der Waals surface area contributed by atoms with Crippen molar-refractivity contribution in [3.05, 3.63) is 34.4 Å². The van der Waals surface area contributed by atoms with E-state index in [1.165, 1.54) is 0 Å². The first-order valence-electron chi connectivity index (χ1n) is 6.47. The summed E-state index contributed by atoms with van der Waals surface area (Å²) in [5.41, 5.74) is -1.07. The van der Waals surface area contributed by atoms with E-state index in [-0.39, 0.29) is 23.4 Å². The van der Waals surface area contributed by atoms with Crippen LogP contribution in [0.25, 0.3) is 0 Å². The van der Waals surface area contributed by atoms with Crippen LogP contribution in [-0.4, -0.2) is 23.4 Å². The number of halogens is 3. The van der Waals surface area contributed by atoms with Crippen LogP contribution in [0.5, 0.6) is 0 Å². The molecule has 1 aromatic rings. The quantitative estimate of drug-likeness (QED) is 0.823. The molecular formula is C14H15ClF2N2O2. The van der Waals surface area contributed by atoms with Crippen molar-refractivity contribution in [1.82, 2.24) is 10.6 Å². The van der Waals surface area contributed by atoms with Gasteiger partial charge in [-0.3, -0.25) is 9.59 Å². The number of hydrogen-bond acceptors (Lipinski definition) is 2. The van der Waals surface area contributed by atoms with Crippen molar-refractivity contribution in [2.75, 3.05) is 0 Å². The standard InChI is InChI=1S/C14H15ClF2N2O2/c1-14(2)11(3-4-12(20)19-14)18-13(21)7-5-10(17)8(15)6-9(7)16/h5-6,11H,3-4H2,1-2H3,(H,18,21)(H,19,20). The van der Waals surface area contributed by atoms with Crippen molar-refractivity contribution in [2.45, 2.75) is 38.3 Å². The molecule has 114 valence electrons. The smallest absolute Gasteiger partial charge is 0.254 e. The highest BCUT2D eigenvalue weighted by molar-refractivity contribution is 6.30. The van der Waals surface area contributed by atoms with Crippen LogP contribution >= 0.6 is 11.6 Å². The summed E-state index contributed by atoms with van der Waals surface area (Å²) in [5.74, 6) is -2.59. The number of nitrogens with one attached hydrogen (secondary N) is 2. The zero-order valence-corrected chi connectivity index (χ0v) is 12.4. The number of carbonyl (C=O) groups is 2. The lowest BCUT2D eigenvalue weighted by Crippen LogP contribution is -2.62. The Labute approximate surface area is 125 Å². The van der Waals surface area contributed by atoms with E-state index in [1.807, 2.05) is 0 Å². The summed E-state index contributed by atoms with van der Waals surface area (Å²) in [5, 5.41) is 5.00. The Balaban J connectivity index is 2.18. The Morgan fingerprint density at radius 1 is 1.38 bits per heavy atom. The van der Waals surface area contributed by atoms with Gasteiger partial charge in [0.15, 0.2) is 0 Å². The minimum Gasteiger partial charge on any atom is -0.349 e. The minimum atomic E-state index is -0.892. The molecule has 1 atom stereocenters. The average Bonchev–Trinajstić information content (AvgIpc) is 2.36. The number of piperidine rings is 1. The molecule has 7 heteroatoms. The predicted molar refractivity (Wildman–Crippen MR) is 74.1 cm³/mol. The van der Waals surface area contributed by atoms with Gasteiger partial charge >= 0.3 is 0 Å².